The van der Waals surface area contributed by atoms with Crippen LogP contribution in [0, 0.1) is 0 Å². The lowest BCUT2D eigenvalue weighted by Gasteiger charge is -2.18. The lowest BCUT2D eigenvalue weighted by atomic mass is 10.0. The van der Waals surface area contributed by atoms with Crippen molar-refractivity contribution in [1.29, 1.82) is 0 Å². The van der Waals surface area contributed by atoms with Gasteiger partial charge in [-0.15, -0.1) is 0 Å². The van der Waals surface area contributed by atoms with E-state index in [0.29, 0.717) is 19.3 Å². The van der Waals surface area contributed by atoms with Crippen molar-refractivity contribution in [2.45, 2.75) is 316 Å². The van der Waals surface area contributed by atoms with Crippen LogP contribution in [0.3, 0.4) is 0 Å². The molecule has 0 rings (SSSR count). The van der Waals surface area contributed by atoms with Gasteiger partial charge in [0, 0.05) is 19.3 Å². The minimum Gasteiger partial charge on any atom is -0.462 e. The highest BCUT2D eigenvalue weighted by Crippen LogP contribution is 2.17. The lowest BCUT2D eigenvalue weighted by molar-refractivity contribution is -0.167. The van der Waals surface area contributed by atoms with Gasteiger partial charge in [0.15, 0.2) is 6.10 Å². The Morgan fingerprint density at radius 3 is 0.926 bits per heavy atom. The van der Waals surface area contributed by atoms with Gasteiger partial charge in [-0.1, -0.05) is 262 Å². The van der Waals surface area contributed by atoms with Crippen LogP contribution in [0.4, 0.5) is 0 Å². The first-order valence-electron chi connectivity index (χ1n) is 29.6. The second kappa shape index (κ2) is 57.0. The zero-order valence-corrected chi connectivity index (χ0v) is 45.4. The highest BCUT2D eigenvalue weighted by molar-refractivity contribution is 5.71. The molecule has 0 aromatic heterocycles. The van der Waals surface area contributed by atoms with E-state index < -0.39 is 6.10 Å². The molecule has 6 heteroatoms. The number of hydrogen-bond acceptors (Lipinski definition) is 6. The first-order valence-corrected chi connectivity index (χ1v) is 29.6. The van der Waals surface area contributed by atoms with Crippen LogP contribution < -0.4 is 0 Å². The molecule has 6 nitrogen and oxygen atoms in total. The van der Waals surface area contributed by atoms with Crippen molar-refractivity contribution in [2.75, 3.05) is 13.2 Å². The topological polar surface area (TPSA) is 78.9 Å². The van der Waals surface area contributed by atoms with E-state index in [9.17, 15) is 14.4 Å². The van der Waals surface area contributed by atoms with Gasteiger partial charge in [-0.3, -0.25) is 14.4 Å². The molecule has 0 N–H and O–H groups in total. The number of ether oxygens (including phenoxy) is 3. The summed E-state index contributed by atoms with van der Waals surface area (Å²) in [6.07, 6.45) is 69.5. The summed E-state index contributed by atoms with van der Waals surface area (Å²) in [5.41, 5.74) is 0. The number of carbonyl (C=O) groups is 3. The Labute approximate surface area is 422 Å². The minimum atomic E-state index is -0.775. The Balaban J connectivity index is 4.34. The maximum Gasteiger partial charge on any atom is 0.306 e. The van der Waals surface area contributed by atoms with Gasteiger partial charge in [-0.2, -0.15) is 0 Å². The number of rotatable bonds is 54. The second-order valence-electron chi connectivity index (χ2n) is 19.9. The molecule has 0 saturated carbocycles. The molecule has 0 aliphatic carbocycles. The third kappa shape index (κ3) is 54.3. The monoisotopic (exact) mass is 953 g/mol. The van der Waals surface area contributed by atoms with Crippen LogP contribution in [0.1, 0.15) is 310 Å². The molecule has 0 saturated heterocycles. The number of unbranched alkanes of at least 4 members (excludes halogenated alkanes) is 35. The molecule has 0 aromatic rings. The quantitative estimate of drug-likeness (QED) is 0.0262. The maximum atomic E-state index is 12.9. The zero-order chi connectivity index (χ0) is 49.3. The van der Waals surface area contributed by atoms with Gasteiger partial charge in [0.05, 0.1) is 0 Å². The van der Waals surface area contributed by atoms with Crippen LogP contribution >= 0.6 is 0 Å². The summed E-state index contributed by atoms with van der Waals surface area (Å²) in [7, 11) is 0. The number of hydrogen-bond donors (Lipinski definition) is 0. The molecule has 1 unspecified atom stereocenters. The van der Waals surface area contributed by atoms with Crippen LogP contribution in [0.5, 0.6) is 0 Å². The molecule has 0 bridgehead atoms. The van der Waals surface area contributed by atoms with E-state index in [2.05, 4.69) is 69.4 Å². The second-order valence-corrected chi connectivity index (χ2v) is 19.9. The molecule has 0 aliphatic rings. The molecule has 0 aliphatic heterocycles. The van der Waals surface area contributed by atoms with Gasteiger partial charge in [0.25, 0.3) is 0 Å². The van der Waals surface area contributed by atoms with E-state index in [0.717, 1.165) is 77.0 Å². The van der Waals surface area contributed by atoms with Gasteiger partial charge >= 0.3 is 17.9 Å². The van der Waals surface area contributed by atoms with E-state index in [4.69, 9.17) is 14.2 Å². The van der Waals surface area contributed by atoms with Gasteiger partial charge in [0.1, 0.15) is 13.2 Å². The van der Waals surface area contributed by atoms with Crippen LogP contribution in [0.2, 0.25) is 0 Å². The Bertz CT molecular complexity index is 1190. The minimum absolute atomic E-state index is 0.0737. The van der Waals surface area contributed by atoms with E-state index in [1.165, 1.54) is 193 Å². The fourth-order valence-electron chi connectivity index (χ4n) is 8.63. The standard InChI is InChI=1S/C62H112O6/c1-4-7-10-13-16-19-22-25-28-30-31-32-35-37-40-43-46-49-52-55-61(64)67-58-59(57-66-60(63)54-51-48-45-42-39-36-33-27-24-21-18-15-12-9-6-3)68-62(65)56-53-50-47-44-41-38-34-29-26-23-20-17-14-11-8-5-2/h7,10,16,19,21,24-25,28,59H,4-6,8-9,11-15,17-18,20,22-23,26-27,29-58H2,1-3H3/b10-7-,19-16-,24-21-,28-25-. The number of carbonyl (C=O) groups excluding carboxylic acids is 3. The van der Waals surface area contributed by atoms with Crippen molar-refractivity contribution in [1.82, 2.24) is 0 Å². The van der Waals surface area contributed by atoms with Crippen LogP contribution in [0.25, 0.3) is 0 Å². The van der Waals surface area contributed by atoms with Crippen molar-refractivity contribution >= 4 is 17.9 Å². The van der Waals surface area contributed by atoms with Crippen LogP contribution in [-0.4, -0.2) is 37.2 Å². The van der Waals surface area contributed by atoms with Crippen LogP contribution in [-0.2, 0) is 28.6 Å². The summed E-state index contributed by atoms with van der Waals surface area (Å²) in [5, 5.41) is 0. The third-order valence-corrected chi connectivity index (χ3v) is 13.1. The molecular formula is C62H112O6. The number of allylic oxidation sites excluding steroid dienone is 8. The van der Waals surface area contributed by atoms with Gasteiger partial charge in [0.2, 0.25) is 0 Å². The summed E-state index contributed by atoms with van der Waals surface area (Å²) in [6, 6.07) is 0. The SMILES string of the molecule is CC/C=C\C/C=C\C/C=C\CCCCCCCCCCCC(=O)OCC(COC(=O)CCCCCCCCC/C=C\CCCCCC)OC(=O)CCCCCCCCCCCCCCCCCC. The van der Waals surface area contributed by atoms with E-state index in [1.54, 1.807) is 0 Å². The maximum absolute atomic E-state index is 12.9. The molecule has 0 radical (unpaired) electrons. The summed E-state index contributed by atoms with van der Waals surface area (Å²) in [4.78, 5) is 38.2. The summed E-state index contributed by atoms with van der Waals surface area (Å²) in [6.45, 7) is 6.55. The Morgan fingerprint density at radius 1 is 0.309 bits per heavy atom. The summed E-state index contributed by atoms with van der Waals surface area (Å²) < 4.78 is 16.9. The third-order valence-electron chi connectivity index (χ3n) is 13.1. The molecule has 0 amide bonds. The highest BCUT2D eigenvalue weighted by atomic mass is 16.6. The fraction of sp³-hybridized carbons (Fsp3) is 0.823. The number of esters is 3. The van der Waals surface area contributed by atoms with E-state index in [-0.39, 0.29) is 31.1 Å². The van der Waals surface area contributed by atoms with Gasteiger partial charge in [-0.05, 0) is 77.0 Å². The first-order chi connectivity index (χ1) is 33.5. The van der Waals surface area contributed by atoms with Crippen molar-refractivity contribution in [3.8, 4) is 0 Å². The molecule has 68 heavy (non-hydrogen) atoms. The molecule has 0 heterocycles. The molecular weight excluding hydrogens is 841 g/mol. The normalized spacial score (nSPS) is 12.3. The molecule has 0 aromatic carbocycles. The predicted octanol–water partition coefficient (Wildman–Crippen LogP) is 19.8. The van der Waals surface area contributed by atoms with Crippen molar-refractivity contribution < 1.29 is 28.6 Å². The Hall–Kier alpha value is -2.63. The molecule has 0 spiro atoms. The molecule has 396 valence electrons. The fourth-order valence-corrected chi connectivity index (χ4v) is 8.63. The smallest absolute Gasteiger partial charge is 0.306 e. The van der Waals surface area contributed by atoms with Gasteiger partial charge < -0.3 is 14.2 Å². The molecule has 0 fully saturated rings. The highest BCUT2D eigenvalue weighted by Gasteiger charge is 2.19. The molecule has 1 atom stereocenters. The van der Waals surface area contributed by atoms with E-state index in [1.807, 2.05) is 0 Å². The summed E-state index contributed by atoms with van der Waals surface area (Å²) >= 11 is 0. The Morgan fingerprint density at radius 2 is 0.574 bits per heavy atom. The van der Waals surface area contributed by atoms with Gasteiger partial charge in [-0.25, -0.2) is 0 Å². The van der Waals surface area contributed by atoms with E-state index >= 15 is 0 Å². The lowest BCUT2D eigenvalue weighted by Crippen LogP contribution is -2.30. The largest absolute Gasteiger partial charge is 0.462 e. The van der Waals surface area contributed by atoms with Crippen molar-refractivity contribution in [3.05, 3.63) is 48.6 Å². The van der Waals surface area contributed by atoms with Crippen LogP contribution in [0.15, 0.2) is 48.6 Å². The van der Waals surface area contributed by atoms with Crippen molar-refractivity contribution in [2.24, 2.45) is 0 Å². The Kier molecular flexibility index (Phi) is 54.8. The van der Waals surface area contributed by atoms with Crippen molar-refractivity contribution in [3.63, 3.8) is 0 Å². The average Bonchev–Trinajstić information content (AvgIpc) is 3.34. The first kappa shape index (κ1) is 65.4. The zero-order valence-electron chi connectivity index (χ0n) is 45.4. The average molecular weight is 954 g/mol. The predicted molar refractivity (Wildman–Crippen MR) is 293 cm³/mol. The summed E-state index contributed by atoms with van der Waals surface area (Å²) in [5.74, 6) is -0.866.